The summed E-state index contributed by atoms with van der Waals surface area (Å²) < 4.78 is 11.5. The molecule has 5 heteroatoms. The summed E-state index contributed by atoms with van der Waals surface area (Å²) in [7, 11) is 0. The third kappa shape index (κ3) is 2.84. The minimum atomic E-state index is -0.140. The number of likely N-dealkylation sites (tertiary alicyclic amines) is 1. The Morgan fingerprint density at radius 1 is 1.24 bits per heavy atom. The Bertz CT molecular complexity index is 860. The van der Waals surface area contributed by atoms with Gasteiger partial charge in [0, 0.05) is 12.1 Å². The number of oxazole rings is 1. The summed E-state index contributed by atoms with van der Waals surface area (Å²) in [5.41, 5.74) is 2.54. The minimum absolute atomic E-state index is 0.0688. The summed E-state index contributed by atoms with van der Waals surface area (Å²) in [6.07, 6.45) is 4.50. The molecule has 25 heavy (non-hydrogen) atoms. The van der Waals surface area contributed by atoms with E-state index in [0.29, 0.717) is 18.2 Å². The highest BCUT2D eigenvalue weighted by atomic mass is 16.4. The van der Waals surface area contributed by atoms with Crippen LogP contribution in [0.15, 0.2) is 45.4 Å². The fourth-order valence-electron chi connectivity index (χ4n) is 3.54. The van der Waals surface area contributed by atoms with Crippen molar-refractivity contribution in [2.24, 2.45) is 0 Å². The Kier molecular flexibility index (Phi) is 4.07. The molecule has 0 bridgehead atoms. The fraction of sp³-hybridized carbons (Fsp3) is 0.400. The maximum absolute atomic E-state index is 13.1. The molecule has 0 radical (unpaired) electrons. The molecule has 3 heterocycles. The van der Waals surface area contributed by atoms with Crippen molar-refractivity contribution >= 4 is 17.0 Å². The number of furan rings is 1. The molecule has 0 saturated carbocycles. The van der Waals surface area contributed by atoms with Gasteiger partial charge < -0.3 is 13.7 Å². The molecule has 4 rings (SSSR count). The second kappa shape index (κ2) is 6.39. The van der Waals surface area contributed by atoms with Crippen LogP contribution in [0.3, 0.4) is 0 Å². The second-order valence-electron chi connectivity index (χ2n) is 6.89. The topological polar surface area (TPSA) is 59.5 Å². The van der Waals surface area contributed by atoms with Gasteiger partial charge in [-0.1, -0.05) is 26.0 Å². The summed E-state index contributed by atoms with van der Waals surface area (Å²) >= 11 is 0. The number of hydrogen-bond acceptors (Lipinski definition) is 4. The lowest BCUT2D eigenvalue weighted by atomic mass is 9.99. The van der Waals surface area contributed by atoms with Crippen LogP contribution in [0.4, 0.5) is 0 Å². The number of fused-ring (bicyclic) bond motifs is 1. The third-order valence-electron chi connectivity index (χ3n) is 4.87. The van der Waals surface area contributed by atoms with E-state index in [2.05, 4.69) is 18.8 Å². The normalized spacial score (nSPS) is 18.2. The highest BCUT2D eigenvalue weighted by Gasteiger charge is 2.34. The van der Waals surface area contributed by atoms with E-state index in [9.17, 15) is 4.79 Å². The van der Waals surface area contributed by atoms with Crippen LogP contribution in [0.1, 0.15) is 67.1 Å². The van der Waals surface area contributed by atoms with Gasteiger partial charge in [0.1, 0.15) is 11.6 Å². The number of aromatic nitrogens is 1. The van der Waals surface area contributed by atoms with E-state index in [-0.39, 0.29) is 17.9 Å². The zero-order valence-electron chi connectivity index (χ0n) is 14.6. The molecule has 0 aliphatic carbocycles. The smallest absolute Gasteiger partial charge is 0.290 e. The summed E-state index contributed by atoms with van der Waals surface area (Å²) in [5.74, 6) is 1.23. The van der Waals surface area contributed by atoms with Crippen molar-refractivity contribution in [3.8, 4) is 0 Å². The zero-order chi connectivity index (χ0) is 17.4. The highest BCUT2D eigenvalue weighted by Crippen LogP contribution is 2.34. The van der Waals surface area contributed by atoms with Crippen LogP contribution in [0.2, 0.25) is 0 Å². The minimum Gasteiger partial charge on any atom is -0.459 e. The number of amides is 1. The molecule has 1 atom stereocenters. The lowest BCUT2D eigenvalue weighted by Crippen LogP contribution is -2.38. The predicted octanol–water partition coefficient (Wildman–Crippen LogP) is 4.91. The van der Waals surface area contributed by atoms with Gasteiger partial charge in [-0.05, 0) is 43.4 Å². The number of hydrogen-bond donors (Lipinski definition) is 0. The van der Waals surface area contributed by atoms with E-state index in [1.165, 1.54) is 0 Å². The molecule has 1 saturated heterocycles. The van der Waals surface area contributed by atoms with E-state index < -0.39 is 0 Å². The molecule has 1 aromatic carbocycles. The van der Waals surface area contributed by atoms with Crippen molar-refractivity contribution in [2.75, 3.05) is 6.54 Å². The summed E-state index contributed by atoms with van der Waals surface area (Å²) in [4.78, 5) is 19.6. The van der Waals surface area contributed by atoms with Crippen molar-refractivity contribution in [1.29, 1.82) is 0 Å². The summed E-state index contributed by atoms with van der Waals surface area (Å²) in [6.45, 7) is 4.83. The molecule has 1 amide bonds. The predicted molar refractivity (Wildman–Crippen MR) is 94.4 cm³/mol. The van der Waals surface area contributed by atoms with Crippen LogP contribution in [-0.2, 0) is 0 Å². The standard InChI is InChI=1S/C20H22N2O3/c1-13(2)14-10-12-24-18(14)20(23)22-11-6-5-8-16(22)19-21-15-7-3-4-9-17(15)25-19/h3-4,7,9-10,12-13,16H,5-6,8,11H2,1-2H3. The van der Waals surface area contributed by atoms with Gasteiger partial charge in [-0.2, -0.15) is 0 Å². The van der Waals surface area contributed by atoms with E-state index in [0.717, 1.165) is 35.9 Å². The first-order chi connectivity index (χ1) is 12.1. The van der Waals surface area contributed by atoms with Crippen molar-refractivity contribution in [2.45, 2.75) is 45.1 Å². The van der Waals surface area contributed by atoms with E-state index in [4.69, 9.17) is 8.83 Å². The molecule has 1 aliphatic heterocycles. The number of carbonyl (C=O) groups is 1. The summed E-state index contributed by atoms with van der Waals surface area (Å²) in [5, 5.41) is 0. The highest BCUT2D eigenvalue weighted by molar-refractivity contribution is 5.93. The van der Waals surface area contributed by atoms with Gasteiger partial charge in [0.2, 0.25) is 5.89 Å². The van der Waals surface area contributed by atoms with Crippen molar-refractivity contribution < 1.29 is 13.6 Å². The van der Waals surface area contributed by atoms with Crippen LogP contribution in [0.5, 0.6) is 0 Å². The number of para-hydroxylation sites is 2. The number of rotatable bonds is 3. The maximum Gasteiger partial charge on any atom is 0.290 e. The Hall–Kier alpha value is -2.56. The van der Waals surface area contributed by atoms with Gasteiger partial charge in [0.25, 0.3) is 5.91 Å². The number of carbonyl (C=O) groups excluding carboxylic acids is 1. The van der Waals surface area contributed by atoms with Gasteiger partial charge in [0.05, 0.1) is 6.26 Å². The van der Waals surface area contributed by atoms with Gasteiger partial charge in [-0.15, -0.1) is 0 Å². The Morgan fingerprint density at radius 2 is 2.08 bits per heavy atom. The molecule has 130 valence electrons. The molecule has 0 spiro atoms. The largest absolute Gasteiger partial charge is 0.459 e. The number of benzene rings is 1. The van der Waals surface area contributed by atoms with Crippen LogP contribution in [-0.4, -0.2) is 22.3 Å². The SMILES string of the molecule is CC(C)c1ccoc1C(=O)N1CCCCC1c1nc2ccccc2o1. The van der Waals surface area contributed by atoms with Gasteiger partial charge in [0.15, 0.2) is 11.3 Å². The van der Waals surface area contributed by atoms with Crippen molar-refractivity contribution in [1.82, 2.24) is 9.88 Å². The van der Waals surface area contributed by atoms with E-state index in [1.807, 2.05) is 35.2 Å². The molecule has 1 unspecified atom stereocenters. The average Bonchev–Trinajstić information content (AvgIpc) is 3.28. The van der Waals surface area contributed by atoms with Crippen LogP contribution in [0.25, 0.3) is 11.1 Å². The zero-order valence-corrected chi connectivity index (χ0v) is 14.6. The van der Waals surface area contributed by atoms with Crippen molar-refractivity contribution in [3.05, 3.63) is 53.8 Å². The first-order valence-electron chi connectivity index (χ1n) is 8.89. The van der Waals surface area contributed by atoms with E-state index >= 15 is 0 Å². The first kappa shape index (κ1) is 15.9. The Balaban J connectivity index is 1.69. The fourth-order valence-corrected chi connectivity index (χ4v) is 3.54. The van der Waals surface area contributed by atoms with E-state index in [1.54, 1.807) is 6.26 Å². The molecule has 3 aromatic rings. The second-order valence-corrected chi connectivity index (χ2v) is 6.89. The molecular formula is C20H22N2O3. The van der Waals surface area contributed by atoms with Crippen LogP contribution < -0.4 is 0 Å². The van der Waals surface area contributed by atoms with Crippen molar-refractivity contribution in [3.63, 3.8) is 0 Å². The van der Waals surface area contributed by atoms with Crippen LogP contribution in [0, 0.1) is 0 Å². The monoisotopic (exact) mass is 338 g/mol. The average molecular weight is 338 g/mol. The Labute approximate surface area is 146 Å². The number of piperidine rings is 1. The first-order valence-corrected chi connectivity index (χ1v) is 8.89. The molecule has 2 aromatic heterocycles. The van der Waals surface area contributed by atoms with Gasteiger partial charge in [-0.25, -0.2) is 4.98 Å². The molecular weight excluding hydrogens is 316 g/mol. The Morgan fingerprint density at radius 3 is 2.88 bits per heavy atom. The van der Waals surface area contributed by atoms with Gasteiger partial charge >= 0.3 is 0 Å². The third-order valence-corrected chi connectivity index (χ3v) is 4.87. The molecule has 5 nitrogen and oxygen atoms in total. The molecule has 1 fully saturated rings. The van der Waals surface area contributed by atoms with Gasteiger partial charge in [-0.3, -0.25) is 4.79 Å². The molecule has 1 aliphatic rings. The lowest BCUT2D eigenvalue weighted by molar-refractivity contribution is 0.0540. The number of nitrogens with zero attached hydrogens (tertiary/aromatic N) is 2. The summed E-state index contributed by atoms with van der Waals surface area (Å²) in [6, 6.07) is 9.45. The van der Waals surface area contributed by atoms with Crippen LogP contribution >= 0.6 is 0 Å². The quantitative estimate of drug-likeness (QED) is 0.680. The lowest BCUT2D eigenvalue weighted by Gasteiger charge is -2.33. The molecule has 0 N–H and O–H groups in total. The maximum atomic E-state index is 13.1.